The van der Waals surface area contributed by atoms with Gasteiger partial charge in [-0.2, -0.15) is 0 Å². The normalized spacial score (nSPS) is 13.4. The number of benzene rings is 1. The SMILES string of the molecule is COCc1ccc(C(=O)CCN)c2c1OCCO2. The molecule has 2 N–H and O–H groups in total. The molecule has 5 nitrogen and oxygen atoms in total. The van der Waals surface area contributed by atoms with Crippen molar-refractivity contribution in [2.45, 2.75) is 13.0 Å². The molecule has 1 aliphatic rings. The van der Waals surface area contributed by atoms with E-state index in [4.69, 9.17) is 19.9 Å². The van der Waals surface area contributed by atoms with Crippen LogP contribution in [0, 0.1) is 0 Å². The van der Waals surface area contributed by atoms with Gasteiger partial charge in [0.15, 0.2) is 17.3 Å². The summed E-state index contributed by atoms with van der Waals surface area (Å²) < 4.78 is 16.3. The van der Waals surface area contributed by atoms with Gasteiger partial charge in [-0.05, 0) is 12.6 Å². The molecule has 1 aromatic carbocycles. The van der Waals surface area contributed by atoms with Crippen molar-refractivity contribution in [2.75, 3.05) is 26.9 Å². The zero-order valence-corrected chi connectivity index (χ0v) is 10.4. The Morgan fingerprint density at radius 2 is 2.06 bits per heavy atom. The Labute approximate surface area is 106 Å². The molecule has 0 atom stereocenters. The summed E-state index contributed by atoms with van der Waals surface area (Å²) in [5.74, 6) is 1.11. The molecule has 0 spiro atoms. The third-order valence-corrected chi connectivity index (χ3v) is 2.74. The third-order valence-electron chi connectivity index (χ3n) is 2.74. The molecule has 0 aliphatic carbocycles. The van der Waals surface area contributed by atoms with Crippen LogP contribution in [0.3, 0.4) is 0 Å². The van der Waals surface area contributed by atoms with Crippen LogP contribution < -0.4 is 15.2 Å². The lowest BCUT2D eigenvalue weighted by molar-refractivity contribution is 0.0972. The standard InChI is InChI=1S/C13H17NO4/c1-16-8-9-2-3-10(11(15)4-5-14)13-12(9)17-6-7-18-13/h2-3H,4-8,14H2,1H3. The van der Waals surface area contributed by atoms with Gasteiger partial charge in [0, 0.05) is 19.1 Å². The molecule has 1 aliphatic heterocycles. The Kier molecular flexibility index (Phi) is 4.17. The smallest absolute Gasteiger partial charge is 0.172 e. The lowest BCUT2D eigenvalue weighted by Crippen LogP contribution is -2.20. The van der Waals surface area contributed by atoms with Crippen LogP contribution in [-0.2, 0) is 11.3 Å². The van der Waals surface area contributed by atoms with Gasteiger partial charge in [-0.25, -0.2) is 0 Å². The molecular formula is C13H17NO4. The maximum Gasteiger partial charge on any atom is 0.172 e. The number of ketones is 1. The molecule has 1 aromatic rings. The Balaban J connectivity index is 2.40. The molecule has 0 saturated carbocycles. The first-order valence-corrected chi connectivity index (χ1v) is 5.91. The summed E-state index contributed by atoms with van der Waals surface area (Å²) in [5.41, 5.74) is 6.83. The number of methoxy groups -OCH3 is 1. The number of hydrogen-bond acceptors (Lipinski definition) is 5. The molecule has 0 aromatic heterocycles. The summed E-state index contributed by atoms with van der Waals surface area (Å²) in [4.78, 5) is 11.9. The van der Waals surface area contributed by atoms with Crippen LogP contribution in [0.5, 0.6) is 11.5 Å². The molecule has 1 heterocycles. The number of hydrogen-bond donors (Lipinski definition) is 1. The highest BCUT2D eigenvalue weighted by Crippen LogP contribution is 2.38. The van der Waals surface area contributed by atoms with E-state index in [0.717, 1.165) is 5.56 Å². The van der Waals surface area contributed by atoms with Crippen molar-refractivity contribution >= 4 is 5.78 Å². The highest BCUT2D eigenvalue weighted by molar-refractivity contribution is 5.99. The van der Waals surface area contributed by atoms with Crippen LogP contribution in [0.1, 0.15) is 22.3 Å². The van der Waals surface area contributed by atoms with Crippen molar-refractivity contribution < 1.29 is 19.0 Å². The minimum absolute atomic E-state index is 0.0248. The lowest BCUT2D eigenvalue weighted by Gasteiger charge is -2.23. The maximum absolute atomic E-state index is 11.9. The minimum atomic E-state index is -0.0248. The van der Waals surface area contributed by atoms with Gasteiger partial charge < -0.3 is 19.9 Å². The van der Waals surface area contributed by atoms with E-state index in [0.29, 0.717) is 49.8 Å². The molecule has 0 saturated heterocycles. The lowest BCUT2D eigenvalue weighted by atomic mass is 10.0. The first-order chi connectivity index (χ1) is 8.77. The Morgan fingerprint density at radius 1 is 1.33 bits per heavy atom. The predicted molar refractivity (Wildman–Crippen MR) is 66.1 cm³/mol. The molecule has 0 radical (unpaired) electrons. The van der Waals surface area contributed by atoms with Crippen molar-refractivity contribution in [1.82, 2.24) is 0 Å². The molecule has 2 rings (SSSR count). The highest BCUT2D eigenvalue weighted by atomic mass is 16.6. The highest BCUT2D eigenvalue weighted by Gasteiger charge is 2.23. The number of ether oxygens (including phenoxy) is 3. The summed E-state index contributed by atoms with van der Waals surface area (Å²) in [6.07, 6.45) is 0.305. The summed E-state index contributed by atoms with van der Waals surface area (Å²) in [6, 6.07) is 3.58. The first kappa shape index (κ1) is 12.9. The molecule has 0 bridgehead atoms. The Morgan fingerprint density at radius 3 is 2.72 bits per heavy atom. The second-order valence-corrected chi connectivity index (χ2v) is 4.02. The number of carbonyl (C=O) groups is 1. The summed E-state index contributed by atoms with van der Waals surface area (Å²) >= 11 is 0. The van der Waals surface area contributed by atoms with Crippen LogP contribution >= 0.6 is 0 Å². The van der Waals surface area contributed by atoms with Crippen molar-refractivity contribution in [3.8, 4) is 11.5 Å². The van der Waals surface area contributed by atoms with Crippen LogP contribution in [-0.4, -0.2) is 32.7 Å². The van der Waals surface area contributed by atoms with E-state index in [-0.39, 0.29) is 5.78 Å². The minimum Gasteiger partial charge on any atom is -0.486 e. The monoisotopic (exact) mass is 251 g/mol. The van der Waals surface area contributed by atoms with Gasteiger partial charge >= 0.3 is 0 Å². The third kappa shape index (κ3) is 2.47. The fraction of sp³-hybridized carbons (Fsp3) is 0.462. The van der Waals surface area contributed by atoms with Gasteiger partial charge in [0.2, 0.25) is 0 Å². The van der Waals surface area contributed by atoms with E-state index in [9.17, 15) is 4.79 Å². The molecule has 0 unspecified atom stereocenters. The largest absolute Gasteiger partial charge is 0.486 e. The topological polar surface area (TPSA) is 70.8 Å². The number of nitrogens with two attached hydrogens (primary N) is 1. The van der Waals surface area contributed by atoms with E-state index >= 15 is 0 Å². The molecule has 18 heavy (non-hydrogen) atoms. The molecule has 5 heteroatoms. The van der Waals surface area contributed by atoms with Gasteiger partial charge in [0.25, 0.3) is 0 Å². The second-order valence-electron chi connectivity index (χ2n) is 4.02. The first-order valence-electron chi connectivity index (χ1n) is 5.91. The van der Waals surface area contributed by atoms with Gasteiger partial charge in [0.1, 0.15) is 13.2 Å². The summed E-state index contributed by atoms with van der Waals surface area (Å²) in [5, 5.41) is 0. The van der Waals surface area contributed by atoms with Gasteiger partial charge in [-0.1, -0.05) is 6.07 Å². The number of rotatable bonds is 5. The van der Waals surface area contributed by atoms with E-state index in [1.165, 1.54) is 0 Å². The predicted octanol–water partition coefficient (Wildman–Crippen LogP) is 1.14. The maximum atomic E-state index is 11.9. The Hall–Kier alpha value is -1.59. The van der Waals surface area contributed by atoms with E-state index < -0.39 is 0 Å². The Bertz CT molecular complexity index is 445. The zero-order chi connectivity index (χ0) is 13.0. The average molecular weight is 251 g/mol. The summed E-state index contributed by atoms with van der Waals surface area (Å²) in [6.45, 7) is 1.69. The van der Waals surface area contributed by atoms with Crippen LogP contribution in [0.4, 0.5) is 0 Å². The van der Waals surface area contributed by atoms with Crippen molar-refractivity contribution in [2.24, 2.45) is 5.73 Å². The van der Waals surface area contributed by atoms with Gasteiger partial charge in [0.05, 0.1) is 12.2 Å². The molecule has 0 fully saturated rings. The van der Waals surface area contributed by atoms with Gasteiger partial charge in [-0.3, -0.25) is 4.79 Å². The molecular weight excluding hydrogens is 234 g/mol. The van der Waals surface area contributed by atoms with Crippen LogP contribution in [0.15, 0.2) is 12.1 Å². The fourth-order valence-corrected chi connectivity index (χ4v) is 1.95. The quantitative estimate of drug-likeness (QED) is 0.794. The van der Waals surface area contributed by atoms with E-state index in [1.54, 1.807) is 13.2 Å². The van der Waals surface area contributed by atoms with Crippen LogP contribution in [0.25, 0.3) is 0 Å². The van der Waals surface area contributed by atoms with E-state index in [1.807, 2.05) is 6.07 Å². The molecule has 0 amide bonds. The summed E-state index contributed by atoms with van der Waals surface area (Å²) in [7, 11) is 1.61. The van der Waals surface area contributed by atoms with Crippen molar-refractivity contribution in [3.05, 3.63) is 23.3 Å². The second kappa shape index (κ2) is 5.84. The van der Waals surface area contributed by atoms with Gasteiger partial charge in [-0.15, -0.1) is 0 Å². The van der Waals surface area contributed by atoms with Crippen molar-refractivity contribution in [3.63, 3.8) is 0 Å². The fourth-order valence-electron chi connectivity index (χ4n) is 1.95. The average Bonchev–Trinajstić information content (AvgIpc) is 2.39. The number of carbonyl (C=O) groups excluding carboxylic acids is 1. The van der Waals surface area contributed by atoms with E-state index in [2.05, 4.69) is 0 Å². The van der Waals surface area contributed by atoms with Crippen molar-refractivity contribution in [1.29, 1.82) is 0 Å². The molecule has 98 valence electrons. The number of fused-ring (bicyclic) bond motifs is 1. The number of Topliss-reactive ketones (excluding diaryl/α,β-unsaturated/α-hetero) is 1. The zero-order valence-electron chi connectivity index (χ0n) is 10.4. The van der Waals surface area contributed by atoms with Crippen LogP contribution in [0.2, 0.25) is 0 Å².